The molecule has 2 aromatic heterocycles. The standard InChI is InChI=1S/C24H27N5OS/c1-16(18-9-8-17-5-2-3-6-19(17)13-18)26-22(30)15-31-24-28-27-23(29(24)21-10-11-21)20-7-4-12-25-14-20/h4,7-9,12-14,16,21H,2-3,5-6,10-11,15H2,1H3,(H,26,30). The van der Waals surface area contributed by atoms with Gasteiger partial charge in [0.2, 0.25) is 5.91 Å². The number of amides is 1. The third kappa shape index (κ3) is 4.51. The van der Waals surface area contributed by atoms with Crippen LogP contribution in [0, 0.1) is 0 Å². The molecule has 3 aromatic rings. The Bertz CT molecular complexity index is 1080. The summed E-state index contributed by atoms with van der Waals surface area (Å²) in [6, 6.07) is 11.0. The number of fused-ring (bicyclic) bond motifs is 1. The minimum atomic E-state index is -0.00687. The Morgan fingerprint density at radius 3 is 2.81 bits per heavy atom. The number of aryl methyl sites for hydroxylation is 2. The third-order valence-corrected chi connectivity index (χ3v) is 7.02. The fraction of sp³-hybridized carbons (Fsp3) is 0.417. The Morgan fingerprint density at radius 2 is 2.03 bits per heavy atom. The molecule has 6 nitrogen and oxygen atoms in total. The zero-order chi connectivity index (χ0) is 21.2. The van der Waals surface area contributed by atoms with E-state index in [2.05, 4.69) is 50.2 Å². The summed E-state index contributed by atoms with van der Waals surface area (Å²) in [6.45, 7) is 2.06. The van der Waals surface area contributed by atoms with E-state index in [1.54, 1.807) is 6.20 Å². The number of rotatable bonds is 7. The number of carbonyl (C=O) groups is 1. The Kier molecular flexibility index (Phi) is 5.76. The van der Waals surface area contributed by atoms with E-state index in [1.807, 2.05) is 18.3 Å². The van der Waals surface area contributed by atoms with E-state index in [0.717, 1.165) is 35.8 Å². The summed E-state index contributed by atoms with van der Waals surface area (Å²) >= 11 is 1.46. The molecule has 2 aliphatic carbocycles. The molecule has 1 unspecified atom stereocenters. The molecule has 31 heavy (non-hydrogen) atoms. The molecule has 1 saturated carbocycles. The molecule has 5 rings (SSSR count). The Labute approximate surface area is 186 Å². The van der Waals surface area contributed by atoms with Gasteiger partial charge in [0.25, 0.3) is 0 Å². The molecule has 0 spiro atoms. The van der Waals surface area contributed by atoms with Crippen molar-refractivity contribution in [1.82, 2.24) is 25.1 Å². The highest BCUT2D eigenvalue weighted by molar-refractivity contribution is 7.99. The number of nitrogens with zero attached hydrogens (tertiary/aromatic N) is 4. The maximum atomic E-state index is 12.7. The van der Waals surface area contributed by atoms with Gasteiger partial charge in [-0.3, -0.25) is 14.3 Å². The molecule has 0 saturated heterocycles. The van der Waals surface area contributed by atoms with Crippen LogP contribution in [-0.4, -0.2) is 31.4 Å². The SMILES string of the molecule is CC(NC(=O)CSc1nnc(-c2cccnc2)n1C1CC1)c1ccc2c(c1)CCCC2. The number of pyridine rings is 1. The van der Waals surface area contributed by atoms with Crippen molar-refractivity contribution in [1.29, 1.82) is 0 Å². The van der Waals surface area contributed by atoms with E-state index in [0.29, 0.717) is 11.8 Å². The van der Waals surface area contributed by atoms with Crippen molar-refractivity contribution in [3.8, 4) is 11.4 Å². The first-order valence-corrected chi connectivity index (χ1v) is 12.1. The van der Waals surface area contributed by atoms with Gasteiger partial charge in [-0.25, -0.2) is 0 Å². The largest absolute Gasteiger partial charge is 0.349 e. The van der Waals surface area contributed by atoms with Gasteiger partial charge < -0.3 is 5.32 Å². The highest BCUT2D eigenvalue weighted by Gasteiger charge is 2.30. The smallest absolute Gasteiger partial charge is 0.230 e. The van der Waals surface area contributed by atoms with Gasteiger partial charge in [0.05, 0.1) is 11.8 Å². The molecule has 1 N–H and O–H groups in total. The normalized spacial score (nSPS) is 16.5. The topological polar surface area (TPSA) is 72.7 Å². The van der Waals surface area contributed by atoms with Gasteiger partial charge in [0.15, 0.2) is 11.0 Å². The molecule has 0 bridgehead atoms. The summed E-state index contributed by atoms with van der Waals surface area (Å²) in [7, 11) is 0. The lowest BCUT2D eigenvalue weighted by Crippen LogP contribution is -2.28. The van der Waals surface area contributed by atoms with Crippen LogP contribution in [0.15, 0.2) is 47.9 Å². The molecule has 1 amide bonds. The fourth-order valence-corrected chi connectivity index (χ4v) is 5.07. The maximum absolute atomic E-state index is 12.7. The molecule has 160 valence electrons. The number of thioether (sulfide) groups is 1. The highest BCUT2D eigenvalue weighted by Crippen LogP contribution is 2.40. The minimum absolute atomic E-state index is 0.00687. The number of carbonyl (C=O) groups excluding carboxylic acids is 1. The van der Waals surface area contributed by atoms with Crippen molar-refractivity contribution in [2.24, 2.45) is 0 Å². The second kappa shape index (κ2) is 8.83. The monoisotopic (exact) mass is 433 g/mol. The van der Waals surface area contributed by atoms with Crippen molar-refractivity contribution >= 4 is 17.7 Å². The van der Waals surface area contributed by atoms with Crippen LogP contribution >= 0.6 is 11.8 Å². The van der Waals surface area contributed by atoms with Gasteiger partial charge in [0, 0.05) is 24.0 Å². The van der Waals surface area contributed by atoms with Crippen LogP contribution in [-0.2, 0) is 17.6 Å². The van der Waals surface area contributed by atoms with Crippen molar-refractivity contribution in [2.75, 3.05) is 5.75 Å². The van der Waals surface area contributed by atoms with Crippen molar-refractivity contribution in [3.05, 3.63) is 59.4 Å². The van der Waals surface area contributed by atoms with Gasteiger partial charge in [0.1, 0.15) is 0 Å². The van der Waals surface area contributed by atoms with Gasteiger partial charge >= 0.3 is 0 Å². The number of nitrogens with one attached hydrogen (secondary N) is 1. The Morgan fingerprint density at radius 1 is 1.19 bits per heavy atom. The summed E-state index contributed by atoms with van der Waals surface area (Å²) in [4.78, 5) is 16.9. The summed E-state index contributed by atoms with van der Waals surface area (Å²) in [5.41, 5.74) is 5.05. The van der Waals surface area contributed by atoms with E-state index in [1.165, 1.54) is 47.7 Å². The number of hydrogen-bond acceptors (Lipinski definition) is 5. The summed E-state index contributed by atoms with van der Waals surface area (Å²) in [5, 5.41) is 12.7. The van der Waals surface area contributed by atoms with E-state index < -0.39 is 0 Å². The van der Waals surface area contributed by atoms with Gasteiger partial charge in [-0.05, 0) is 74.3 Å². The van der Waals surface area contributed by atoms with Crippen molar-refractivity contribution in [3.63, 3.8) is 0 Å². The summed E-state index contributed by atoms with van der Waals surface area (Å²) in [5.74, 6) is 1.18. The summed E-state index contributed by atoms with van der Waals surface area (Å²) in [6.07, 6.45) is 10.7. The second-order valence-corrected chi connectivity index (χ2v) is 9.40. The van der Waals surface area contributed by atoms with Crippen molar-refractivity contribution < 1.29 is 4.79 Å². The molecule has 1 fully saturated rings. The maximum Gasteiger partial charge on any atom is 0.230 e. The molecule has 0 aliphatic heterocycles. The Hall–Kier alpha value is -2.67. The van der Waals surface area contributed by atoms with Crippen LogP contribution in [0.3, 0.4) is 0 Å². The molecule has 7 heteroatoms. The third-order valence-electron chi connectivity index (χ3n) is 6.08. The first-order chi connectivity index (χ1) is 15.2. The van der Waals surface area contributed by atoms with Crippen LogP contribution < -0.4 is 5.32 Å². The Balaban J connectivity index is 1.23. The molecule has 1 atom stereocenters. The van der Waals surface area contributed by atoms with Crippen LogP contribution in [0.25, 0.3) is 11.4 Å². The average molecular weight is 434 g/mol. The predicted molar refractivity (Wildman–Crippen MR) is 122 cm³/mol. The molecular formula is C24H27N5OS. The second-order valence-electron chi connectivity index (χ2n) is 8.46. The van der Waals surface area contributed by atoms with Crippen LogP contribution in [0.4, 0.5) is 0 Å². The van der Waals surface area contributed by atoms with Crippen LogP contribution in [0.5, 0.6) is 0 Å². The zero-order valence-corrected chi connectivity index (χ0v) is 18.6. The lowest BCUT2D eigenvalue weighted by molar-refractivity contribution is -0.119. The zero-order valence-electron chi connectivity index (χ0n) is 17.8. The van der Waals surface area contributed by atoms with E-state index in [9.17, 15) is 4.79 Å². The van der Waals surface area contributed by atoms with Crippen LogP contribution in [0.2, 0.25) is 0 Å². The highest BCUT2D eigenvalue weighted by atomic mass is 32.2. The fourth-order valence-electron chi connectivity index (χ4n) is 4.25. The van der Waals surface area contributed by atoms with E-state index in [4.69, 9.17) is 0 Å². The summed E-state index contributed by atoms with van der Waals surface area (Å²) < 4.78 is 2.17. The van der Waals surface area contributed by atoms with Gasteiger partial charge in [-0.1, -0.05) is 30.0 Å². The molecule has 0 radical (unpaired) electrons. The van der Waals surface area contributed by atoms with Crippen LogP contribution in [0.1, 0.15) is 61.4 Å². The van der Waals surface area contributed by atoms with Gasteiger partial charge in [-0.2, -0.15) is 0 Å². The first kappa shape index (κ1) is 20.2. The molecule has 2 heterocycles. The predicted octanol–water partition coefficient (Wildman–Crippen LogP) is 4.52. The lowest BCUT2D eigenvalue weighted by Gasteiger charge is -2.20. The van der Waals surface area contributed by atoms with Crippen molar-refractivity contribution in [2.45, 2.75) is 62.7 Å². The first-order valence-electron chi connectivity index (χ1n) is 11.1. The average Bonchev–Trinajstić information content (AvgIpc) is 3.56. The molecule has 1 aromatic carbocycles. The van der Waals surface area contributed by atoms with Gasteiger partial charge in [-0.15, -0.1) is 10.2 Å². The quantitative estimate of drug-likeness (QED) is 0.555. The lowest BCUT2D eigenvalue weighted by atomic mass is 9.89. The van der Waals surface area contributed by atoms with E-state index >= 15 is 0 Å². The molecular weight excluding hydrogens is 406 g/mol. The number of hydrogen-bond donors (Lipinski definition) is 1. The van der Waals surface area contributed by atoms with E-state index in [-0.39, 0.29) is 11.9 Å². The number of aromatic nitrogens is 4. The molecule has 2 aliphatic rings. The number of benzene rings is 1. The minimum Gasteiger partial charge on any atom is -0.349 e.